The minimum absolute atomic E-state index is 0.0817. The van der Waals surface area contributed by atoms with Gasteiger partial charge in [-0.25, -0.2) is 4.79 Å². The molecule has 0 unspecified atom stereocenters. The highest BCUT2D eigenvalue weighted by Gasteiger charge is 2.15. The van der Waals surface area contributed by atoms with Gasteiger partial charge in [0.15, 0.2) is 0 Å². The molecule has 0 aliphatic carbocycles. The normalized spacial score (nSPS) is 12.0. The van der Waals surface area contributed by atoms with E-state index < -0.39 is 5.97 Å². The summed E-state index contributed by atoms with van der Waals surface area (Å²) in [7, 11) is 1.34. The van der Waals surface area contributed by atoms with Crippen molar-refractivity contribution < 1.29 is 14.3 Å². The number of hydrogen-bond donors (Lipinski definition) is 1. The van der Waals surface area contributed by atoms with Crippen LogP contribution in [0.5, 0.6) is 0 Å². The van der Waals surface area contributed by atoms with Crippen LogP contribution >= 0.6 is 0 Å². The van der Waals surface area contributed by atoms with Gasteiger partial charge in [-0.05, 0) is 64.4 Å². The minimum Gasteiger partial charge on any atom is -0.466 e. The Morgan fingerprint density at radius 2 is 1.61 bits per heavy atom. The number of rotatable bonds is 8. The minimum atomic E-state index is -0.442. The average molecular weight is 442 g/mol. The maximum absolute atomic E-state index is 13.2. The van der Waals surface area contributed by atoms with Gasteiger partial charge in [0, 0.05) is 11.6 Å². The highest BCUT2D eigenvalue weighted by Crippen LogP contribution is 2.26. The third-order valence-electron chi connectivity index (χ3n) is 5.66. The molecule has 0 fully saturated rings. The van der Waals surface area contributed by atoms with E-state index in [0.29, 0.717) is 11.5 Å². The summed E-state index contributed by atoms with van der Waals surface area (Å²) in [6, 6.07) is 23.9. The van der Waals surface area contributed by atoms with Crippen LogP contribution in [0.2, 0.25) is 0 Å². The lowest BCUT2D eigenvalue weighted by Crippen LogP contribution is -2.28. The molecule has 0 bridgehead atoms. The Morgan fingerprint density at radius 1 is 0.909 bits per heavy atom. The summed E-state index contributed by atoms with van der Waals surface area (Å²) in [4.78, 5) is 24.8. The van der Waals surface area contributed by atoms with Crippen LogP contribution in [0.4, 0.5) is 0 Å². The summed E-state index contributed by atoms with van der Waals surface area (Å²) in [5, 5.41) is 3.15. The van der Waals surface area contributed by atoms with E-state index in [1.807, 2.05) is 42.5 Å². The Morgan fingerprint density at radius 3 is 2.21 bits per heavy atom. The second-order valence-electron chi connectivity index (χ2n) is 8.32. The maximum Gasteiger partial charge on any atom is 0.330 e. The molecule has 0 saturated carbocycles. The Balaban J connectivity index is 1.96. The van der Waals surface area contributed by atoms with Crippen LogP contribution in [-0.2, 0) is 9.53 Å². The van der Waals surface area contributed by atoms with E-state index in [2.05, 4.69) is 50.4 Å². The number of esters is 1. The zero-order valence-electron chi connectivity index (χ0n) is 19.7. The molecule has 1 atom stereocenters. The lowest BCUT2D eigenvalue weighted by atomic mass is 9.95. The second-order valence-corrected chi connectivity index (χ2v) is 8.32. The molecule has 170 valence electrons. The second kappa shape index (κ2) is 11.3. The number of ether oxygens (including phenoxy) is 1. The molecule has 4 heteroatoms. The fourth-order valence-corrected chi connectivity index (χ4v) is 3.69. The van der Waals surface area contributed by atoms with Crippen molar-refractivity contribution in [2.24, 2.45) is 0 Å². The molecule has 0 saturated heterocycles. The molecule has 0 heterocycles. The van der Waals surface area contributed by atoms with Crippen molar-refractivity contribution in [2.75, 3.05) is 7.11 Å². The lowest BCUT2D eigenvalue weighted by Gasteiger charge is -2.18. The van der Waals surface area contributed by atoms with Crippen molar-refractivity contribution >= 4 is 18.0 Å². The molecule has 4 nitrogen and oxygen atoms in total. The molecule has 3 rings (SSSR count). The molecule has 0 spiro atoms. The Bertz CT molecular complexity index is 1120. The summed E-state index contributed by atoms with van der Waals surface area (Å²) in [6.07, 6.45) is 3.81. The molecule has 1 amide bonds. The number of amides is 1. The molecule has 0 radical (unpaired) electrons. The molecule has 3 aromatic carbocycles. The highest BCUT2D eigenvalue weighted by molar-refractivity contribution is 5.97. The summed E-state index contributed by atoms with van der Waals surface area (Å²) >= 11 is 0. The van der Waals surface area contributed by atoms with Gasteiger partial charge in [-0.1, -0.05) is 75.4 Å². The largest absolute Gasteiger partial charge is 0.466 e. The van der Waals surface area contributed by atoms with E-state index in [9.17, 15) is 9.59 Å². The first-order chi connectivity index (χ1) is 15.9. The van der Waals surface area contributed by atoms with E-state index >= 15 is 0 Å². The van der Waals surface area contributed by atoms with Crippen LogP contribution in [0.3, 0.4) is 0 Å². The average Bonchev–Trinajstić information content (AvgIpc) is 2.86. The third kappa shape index (κ3) is 6.42. The van der Waals surface area contributed by atoms with E-state index in [0.717, 1.165) is 28.7 Å². The molecule has 0 aliphatic rings. The van der Waals surface area contributed by atoms with Crippen LogP contribution in [0.15, 0.2) is 78.9 Å². The highest BCUT2D eigenvalue weighted by atomic mass is 16.5. The van der Waals surface area contributed by atoms with Gasteiger partial charge in [0.2, 0.25) is 0 Å². The van der Waals surface area contributed by atoms with Gasteiger partial charge in [0.05, 0.1) is 13.2 Å². The number of benzene rings is 3. The van der Waals surface area contributed by atoms with Crippen LogP contribution in [0.25, 0.3) is 17.2 Å². The van der Waals surface area contributed by atoms with Gasteiger partial charge in [-0.2, -0.15) is 0 Å². The van der Waals surface area contributed by atoms with E-state index in [-0.39, 0.29) is 11.9 Å². The van der Waals surface area contributed by atoms with Gasteiger partial charge in [0.25, 0.3) is 5.91 Å². The van der Waals surface area contributed by atoms with Crippen molar-refractivity contribution in [3.8, 4) is 11.1 Å². The van der Waals surface area contributed by atoms with Gasteiger partial charge in [-0.3, -0.25) is 4.79 Å². The van der Waals surface area contributed by atoms with Crippen molar-refractivity contribution in [3.05, 3.63) is 101 Å². The Hall–Kier alpha value is -3.66. The van der Waals surface area contributed by atoms with Gasteiger partial charge in [0.1, 0.15) is 0 Å². The zero-order chi connectivity index (χ0) is 23.8. The van der Waals surface area contributed by atoms with Crippen LogP contribution in [0.1, 0.15) is 66.2 Å². The lowest BCUT2D eigenvalue weighted by molar-refractivity contribution is -0.134. The molecular formula is C29H31NO3. The van der Waals surface area contributed by atoms with Crippen molar-refractivity contribution in [1.82, 2.24) is 5.32 Å². The monoisotopic (exact) mass is 441 g/mol. The summed E-state index contributed by atoms with van der Waals surface area (Å²) in [6.45, 7) is 6.37. The molecular weight excluding hydrogens is 410 g/mol. The number of methoxy groups -OCH3 is 1. The number of carbonyl (C=O) groups is 2. The molecule has 0 aliphatic heterocycles. The predicted octanol–water partition coefficient (Wildman–Crippen LogP) is 6.54. The zero-order valence-corrected chi connectivity index (χ0v) is 19.7. The Kier molecular flexibility index (Phi) is 8.20. The first-order valence-corrected chi connectivity index (χ1v) is 11.3. The first-order valence-electron chi connectivity index (χ1n) is 11.3. The first kappa shape index (κ1) is 24.0. The molecule has 0 aromatic heterocycles. The summed E-state index contributed by atoms with van der Waals surface area (Å²) in [5.41, 5.74) is 5.54. The fourth-order valence-electron chi connectivity index (χ4n) is 3.69. The van der Waals surface area contributed by atoms with E-state index in [1.165, 1.54) is 18.7 Å². The van der Waals surface area contributed by atoms with Crippen molar-refractivity contribution in [2.45, 2.75) is 39.2 Å². The summed E-state index contributed by atoms with van der Waals surface area (Å²) in [5.74, 6) is -0.152. The molecule has 3 aromatic rings. The standard InChI is InChI=1S/C29H31NO3/c1-5-27(24-9-7-6-8-10-24)30-29(32)26-18-21(11-16-28(31)33-4)17-25(19-26)23-14-12-22(13-15-23)20(2)3/h6-20,27H,5H2,1-4H3,(H,30,32)/b16-11+/t27-/m1/s1. The maximum atomic E-state index is 13.2. The van der Waals surface area contributed by atoms with E-state index in [1.54, 1.807) is 12.1 Å². The van der Waals surface area contributed by atoms with Crippen LogP contribution < -0.4 is 5.32 Å². The fraction of sp³-hybridized carbons (Fsp3) is 0.241. The van der Waals surface area contributed by atoms with Crippen LogP contribution in [-0.4, -0.2) is 19.0 Å². The predicted molar refractivity (Wildman–Crippen MR) is 134 cm³/mol. The number of carbonyl (C=O) groups excluding carboxylic acids is 2. The Labute approximate surface area is 196 Å². The SMILES string of the molecule is CC[C@@H](NC(=O)c1cc(/C=C/C(=O)OC)cc(-c2ccc(C(C)C)cc2)c1)c1ccccc1. The van der Waals surface area contributed by atoms with Gasteiger partial charge < -0.3 is 10.1 Å². The third-order valence-corrected chi connectivity index (χ3v) is 5.66. The van der Waals surface area contributed by atoms with Gasteiger partial charge in [-0.15, -0.1) is 0 Å². The molecule has 33 heavy (non-hydrogen) atoms. The van der Waals surface area contributed by atoms with Crippen LogP contribution in [0, 0.1) is 0 Å². The number of hydrogen-bond acceptors (Lipinski definition) is 3. The van der Waals surface area contributed by atoms with Crippen molar-refractivity contribution in [1.29, 1.82) is 0 Å². The van der Waals surface area contributed by atoms with Crippen molar-refractivity contribution in [3.63, 3.8) is 0 Å². The van der Waals surface area contributed by atoms with E-state index in [4.69, 9.17) is 4.74 Å². The molecule has 1 N–H and O–H groups in total. The number of nitrogens with one attached hydrogen (secondary N) is 1. The smallest absolute Gasteiger partial charge is 0.330 e. The summed E-state index contributed by atoms with van der Waals surface area (Å²) < 4.78 is 4.71. The quantitative estimate of drug-likeness (QED) is 0.319. The van der Waals surface area contributed by atoms with Gasteiger partial charge >= 0.3 is 5.97 Å². The topological polar surface area (TPSA) is 55.4 Å².